The predicted molar refractivity (Wildman–Crippen MR) is 137 cm³/mol. The van der Waals surface area contributed by atoms with Gasteiger partial charge in [-0.15, -0.1) is 10.2 Å². The second-order valence-electron chi connectivity index (χ2n) is 10.7. The number of amides is 1. The molecule has 0 saturated heterocycles. The van der Waals surface area contributed by atoms with E-state index >= 15 is 0 Å². The number of rotatable bonds is 2. The molecule has 7 nitrogen and oxygen atoms in total. The summed E-state index contributed by atoms with van der Waals surface area (Å²) in [6, 6.07) is 6.08. The molecule has 2 aliphatic heterocycles. The lowest BCUT2D eigenvalue weighted by Crippen LogP contribution is -2.35. The van der Waals surface area contributed by atoms with Crippen molar-refractivity contribution in [2.24, 2.45) is 10.9 Å². The van der Waals surface area contributed by atoms with E-state index in [-0.39, 0.29) is 12.1 Å². The number of hydrogen-bond acceptors (Lipinski definition) is 5. The van der Waals surface area contributed by atoms with Crippen LogP contribution in [-0.2, 0) is 17.8 Å². The first-order valence-electron chi connectivity index (χ1n) is 12.3. The lowest BCUT2D eigenvalue weighted by Gasteiger charge is -2.32. The average molecular weight is 516 g/mol. The largest absolute Gasteiger partial charge is 0.444 e. The molecule has 9 heteroatoms. The van der Waals surface area contributed by atoms with Gasteiger partial charge in [0.15, 0.2) is 5.82 Å². The number of fused-ring (bicyclic) bond motifs is 3. The van der Waals surface area contributed by atoms with Crippen molar-refractivity contribution in [3.8, 4) is 5.69 Å². The zero-order valence-electron chi connectivity index (χ0n) is 20.4. The smallest absolute Gasteiger partial charge is 0.411 e. The Bertz CT molecular complexity index is 1170. The Morgan fingerprint density at radius 2 is 1.86 bits per heavy atom. The average Bonchev–Trinajstić information content (AvgIpc) is 3.13. The Morgan fingerprint density at radius 1 is 1.09 bits per heavy atom. The van der Waals surface area contributed by atoms with Gasteiger partial charge >= 0.3 is 6.09 Å². The molecule has 5 rings (SSSR count). The van der Waals surface area contributed by atoms with Crippen LogP contribution in [0, 0.1) is 5.92 Å². The quantitative estimate of drug-likeness (QED) is 0.462. The second kappa shape index (κ2) is 9.58. The normalized spacial score (nSPS) is 24.3. The Balaban J connectivity index is 1.41. The van der Waals surface area contributed by atoms with Crippen LogP contribution in [-0.4, -0.2) is 43.6 Å². The highest BCUT2D eigenvalue weighted by Crippen LogP contribution is 2.41. The minimum absolute atomic E-state index is 0.272. The van der Waals surface area contributed by atoms with Gasteiger partial charge in [0.1, 0.15) is 11.4 Å². The van der Waals surface area contributed by atoms with Gasteiger partial charge in [-0.2, -0.15) is 0 Å². The van der Waals surface area contributed by atoms with E-state index in [1.807, 2.05) is 51.3 Å². The van der Waals surface area contributed by atoms with Crippen LogP contribution in [0.25, 0.3) is 5.69 Å². The van der Waals surface area contributed by atoms with E-state index in [2.05, 4.69) is 19.8 Å². The van der Waals surface area contributed by atoms with Crippen LogP contribution >= 0.6 is 23.2 Å². The van der Waals surface area contributed by atoms with E-state index in [1.165, 1.54) is 0 Å². The highest BCUT2D eigenvalue weighted by molar-refractivity contribution is 6.31. The molecule has 1 unspecified atom stereocenters. The van der Waals surface area contributed by atoms with Crippen molar-refractivity contribution in [2.45, 2.75) is 83.5 Å². The number of hydrogen-bond donors (Lipinski definition) is 0. The van der Waals surface area contributed by atoms with E-state index in [0.717, 1.165) is 60.0 Å². The Hall–Kier alpha value is -2.38. The molecule has 1 amide bonds. The fourth-order valence-corrected chi connectivity index (χ4v) is 5.76. The molecule has 1 atom stereocenters. The first-order chi connectivity index (χ1) is 16.7. The van der Waals surface area contributed by atoms with E-state index < -0.39 is 5.60 Å². The highest BCUT2D eigenvalue weighted by atomic mass is 35.5. The molecular weight excluding hydrogens is 485 g/mol. The number of aromatic nitrogens is 3. The molecule has 1 aromatic carbocycles. The molecule has 0 radical (unpaired) electrons. The van der Waals surface area contributed by atoms with Gasteiger partial charge in [-0.05, 0) is 82.2 Å². The van der Waals surface area contributed by atoms with Crippen LogP contribution in [0.15, 0.2) is 34.3 Å². The molecule has 0 N–H and O–H groups in total. The number of allylic oxidation sites excluding steroid dienone is 1. The summed E-state index contributed by atoms with van der Waals surface area (Å²) in [5, 5.41) is 10.7. The van der Waals surface area contributed by atoms with Crippen molar-refractivity contribution in [3.05, 3.63) is 51.5 Å². The Kier molecular flexibility index (Phi) is 6.66. The first kappa shape index (κ1) is 24.3. The van der Waals surface area contributed by atoms with Crippen molar-refractivity contribution < 1.29 is 9.53 Å². The fraction of sp³-hybridized carbons (Fsp3) is 0.538. The number of halogens is 2. The number of benzene rings is 1. The van der Waals surface area contributed by atoms with Crippen molar-refractivity contribution >= 4 is 35.5 Å². The molecule has 0 bridgehead atoms. The van der Waals surface area contributed by atoms with Crippen LogP contribution in [0.5, 0.6) is 0 Å². The molecule has 0 spiro atoms. The number of carbonyl (C=O) groups excluding carboxylic acids is 1. The molecule has 2 aromatic rings. The van der Waals surface area contributed by atoms with Gasteiger partial charge < -0.3 is 4.74 Å². The summed E-state index contributed by atoms with van der Waals surface area (Å²) in [4.78, 5) is 19.3. The number of dihydropyridines is 1. The Morgan fingerprint density at radius 3 is 2.57 bits per heavy atom. The van der Waals surface area contributed by atoms with Crippen LogP contribution in [0.3, 0.4) is 0 Å². The zero-order chi connectivity index (χ0) is 24.7. The van der Waals surface area contributed by atoms with E-state index in [1.54, 1.807) is 4.90 Å². The van der Waals surface area contributed by atoms with Crippen molar-refractivity contribution in [1.82, 2.24) is 19.7 Å². The van der Waals surface area contributed by atoms with Gasteiger partial charge in [0.05, 0.1) is 24.8 Å². The molecule has 1 fully saturated rings. The maximum atomic E-state index is 13.0. The lowest BCUT2D eigenvalue weighted by molar-refractivity contribution is 0.0214. The summed E-state index contributed by atoms with van der Waals surface area (Å²) in [5.74, 6) is 2.52. The fourth-order valence-electron chi connectivity index (χ4n) is 5.35. The number of aliphatic imine (C=N–C) groups is 1. The molecule has 1 aliphatic carbocycles. The number of ether oxygens (including phenoxy) is 1. The predicted octanol–water partition coefficient (Wildman–Crippen LogP) is 6.41. The van der Waals surface area contributed by atoms with Crippen molar-refractivity contribution in [3.63, 3.8) is 0 Å². The minimum atomic E-state index is -0.583. The summed E-state index contributed by atoms with van der Waals surface area (Å²) in [5.41, 5.74) is 1.35. The van der Waals surface area contributed by atoms with E-state index in [9.17, 15) is 4.79 Å². The van der Waals surface area contributed by atoms with Gasteiger partial charge in [-0.1, -0.05) is 23.2 Å². The van der Waals surface area contributed by atoms with Gasteiger partial charge in [-0.25, -0.2) is 4.79 Å². The third kappa shape index (κ3) is 5.26. The SMILES string of the molecule is CC(C)(C)OC(=O)N1Cc2cc(Cl)ccc2-n2c(nnc2[C@H]2CC[C@H](C3CC(Cl)=CC=N3)CC2)C1. The summed E-state index contributed by atoms with van der Waals surface area (Å²) >= 11 is 12.6. The minimum Gasteiger partial charge on any atom is -0.444 e. The van der Waals surface area contributed by atoms with Crippen LogP contribution in [0.2, 0.25) is 5.02 Å². The topological polar surface area (TPSA) is 72.6 Å². The number of carbonyl (C=O) groups is 1. The molecule has 3 aliphatic rings. The monoisotopic (exact) mass is 515 g/mol. The molecule has 1 saturated carbocycles. The van der Waals surface area contributed by atoms with Crippen LogP contribution in [0.1, 0.15) is 76.0 Å². The molecule has 3 heterocycles. The standard InChI is InChI=1S/C26H31Cl2N5O2/c1-26(2,3)35-25(34)32-14-18-12-19(27)8-9-22(18)33-23(15-32)30-31-24(33)17-6-4-16(5-7-17)21-13-20(28)10-11-29-21/h8-12,16-17,21H,4-7,13-15H2,1-3H3/t16-,17-,21?. The maximum absolute atomic E-state index is 13.0. The van der Waals surface area contributed by atoms with Gasteiger partial charge in [0.25, 0.3) is 0 Å². The summed E-state index contributed by atoms with van der Waals surface area (Å²) in [6.45, 7) is 6.33. The third-order valence-electron chi connectivity index (χ3n) is 7.00. The molecule has 1 aromatic heterocycles. The summed E-state index contributed by atoms with van der Waals surface area (Å²) in [6.07, 6.45) is 8.40. The third-order valence-corrected chi connectivity index (χ3v) is 7.52. The van der Waals surface area contributed by atoms with Gasteiger partial charge in [0.2, 0.25) is 0 Å². The summed E-state index contributed by atoms with van der Waals surface area (Å²) < 4.78 is 7.80. The lowest BCUT2D eigenvalue weighted by atomic mass is 9.77. The molecular formula is C26H31Cl2N5O2. The summed E-state index contributed by atoms with van der Waals surface area (Å²) in [7, 11) is 0. The highest BCUT2D eigenvalue weighted by Gasteiger charge is 2.34. The van der Waals surface area contributed by atoms with Gasteiger partial charge in [0, 0.05) is 28.6 Å². The van der Waals surface area contributed by atoms with Crippen LogP contribution in [0.4, 0.5) is 4.79 Å². The molecule has 186 valence electrons. The van der Waals surface area contributed by atoms with E-state index in [4.69, 9.17) is 27.9 Å². The molecule has 35 heavy (non-hydrogen) atoms. The van der Waals surface area contributed by atoms with Crippen molar-refractivity contribution in [2.75, 3.05) is 0 Å². The van der Waals surface area contributed by atoms with Crippen LogP contribution < -0.4 is 0 Å². The number of nitrogens with zero attached hydrogens (tertiary/aromatic N) is 5. The van der Waals surface area contributed by atoms with Crippen molar-refractivity contribution in [1.29, 1.82) is 0 Å². The zero-order valence-corrected chi connectivity index (χ0v) is 21.9. The Labute approximate surface area is 216 Å². The van der Waals surface area contributed by atoms with E-state index in [0.29, 0.717) is 29.9 Å². The first-order valence-corrected chi connectivity index (χ1v) is 13.0. The maximum Gasteiger partial charge on any atom is 0.411 e. The second-order valence-corrected chi connectivity index (χ2v) is 11.6. The van der Waals surface area contributed by atoms with Gasteiger partial charge in [-0.3, -0.25) is 14.5 Å².